The molecule has 0 radical (unpaired) electrons. The van der Waals surface area contributed by atoms with E-state index >= 15 is 0 Å². The second kappa shape index (κ2) is 10.7. The summed E-state index contributed by atoms with van der Waals surface area (Å²) in [5.41, 5.74) is 5.24. The number of hydrogen-bond donors (Lipinski definition) is 3. The van der Waals surface area contributed by atoms with E-state index in [1.54, 1.807) is 11.1 Å². The maximum atomic E-state index is 12.9. The van der Waals surface area contributed by atoms with Crippen molar-refractivity contribution in [2.45, 2.75) is 64.1 Å². The minimum atomic E-state index is -0.908. The van der Waals surface area contributed by atoms with Gasteiger partial charge in [-0.15, -0.1) is 0 Å². The highest BCUT2D eigenvalue weighted by Crippen LogP contribution is 2.35. The van der Waals surface area contributed by atoms with Crippen molar-refractivity contribution in [1.82, 2.24) is 29.7 Å². The normalized spacial score (nSPS) is 18.9. The molecule has 2 aliphatic heterocycles. The van der Waals surface area contributed by atoms with E-state index in [1.807, 2.05) is 26.8 Å². The van der Waals surface area contributed by atoms with Crippen molar-refractivity contribution in [3.05, 3.63) is 72.4 Å². The summed E-state index contributed by atoms with van der Waals surface area (Å²) >= 11 is 0. The fourth-order valence-electron chi connectivity index (χ4n) is 6.48. The van der Waals surface area contributed by atoms with E-state index in [4.69, 9.17) is 9.72 Å². The van der Waals surface area contributed by atoms with Crippen LogP contribution in [0.3, 0.4) is 0 Å². The number of aromatic amines is 2. The van der Waals surface area contributed by atoms with Gasteiger partial charge in [-0.3, -0.25) is 9.80 Å². The summed E-state index contributed by atoms with van der Waals surface area (Å²) in [6.45, 7) is 6.83. The van der Waals surface area contributed by atoms with Crippen molar-refractivity contribution in [3.8, 4) is 22.4 Å². The number of amides is 2. The molecular weight excluding hydrogens is 556 g/mol. The summed E-state index contributed by atoms with van der Waals surface area (Å²) in [6, 6.07) is 18.6. The second-order valence-corrected chi connectivity index (χ2v) is 12.8. The largest absolute Gasteiger partial charge is 0.465 e. The average molecular weight is 593 g/mol. The number of aromatic nitrogens is 4. The van der Waals surface area contributed by atoms with Crippen LogP contribution >= 0.6 is 0 Å². The van der Waals surface area contributed by atoms with Crippen LogP contribution in [0.1, 0.15) is 70.2 Å². The third-order valence-corrected chi connectivity index (χ3v) is 8.59. The van der Waals surface area contributed by atoms with Crippen LogP contribution in [-0.4, -0.2) is 65.7 Å². The van der Waals surface area contributed by atoms with Gasteiger partial charge in [0.15, 0.2) is 0 Å². The van der Waals surface area contributed by atoms with Crippen molar-refractivity contribution < 1.29 is 19.4 Å². The van der Waals surface area contributed by atoms with Crippen LogP contribution in [0.25, 0.3) is 44.2 Å². The predicted molar refractivity (Wildman–Crippen MR) is 168 cm³/mol. The maximum Gasteiger partial charge on any atom is 0.410 e. The van der Waals surface area contributed by atoms with Gasteiger partial charge in [0.25, 0.3) is 0 Å². The van der Waals surface area contributed by atoms with Crippen molar-refractivity contribution in [2.24, 2.45) is 0 Å². The van der Waals surface area contributed by atoms with Crippen LogP contribution in [0.15, 0.2) is 60.8 Å². The van der Waals surface area contributed by atoms with E-state index in [1.165, 1.54) is 4.90 Å². The van der Waals surface area contributed by atoms with Crippen molar-refractivity contribution in [2.75, 3.05) is 13.1 Å². The quantitative estimate of drug-likeness (QED) is 0.197. The van der Waals surface area contributed by atoms with Gasteiger partial charge in [-0.25, -0.2) is 19.6 Å². The van der Waals surface area contributed by atoms with Gasteiger partial charge >= 0.3 is 12.2 Å². The minimum absolute atomic E-state index is 0.136. The lowest BCUT2D eigenvalue weighted by Gasteiger charge is -2.27. The summed E-state index contributed by atoms with van der Waals surface area (Å²) in [5, 5.41) is 11.8. The molecule has 2 amide bonds. The van der Waals surface area contributed by atoms with E-state index in [9.17, 15) is 14.7 Å². The fourth-order valence-corrected chi connectivity index (χ4v) is 6.48. The number of rotatable bonds is 4. The monoisotopic (exact) mass is 592 g/mol. The lowest BCUT2D eigenvalue weighted by molar-refractivity contribution is 0.0219. The van der Waals surface area contributed by atoms with Crippen LogP contribution in [0, 0.1) is 0 Å². The fraction of sp³-hybridized carbons (Fsp3) is 0.353. The number of carbonyl (C=O) groups is 2. The first-order valence-corrected chi connectivity index (χ1v) is 15.2. The Labute approximate surface area is 255 Å². The molecule has 2 fully saturated rings. The van der Waals surface area contributed by atoms with Gasteiger partial charge in [0.05, 0.1) is 35.0 Å². The summed E-state index contributed by atoms with van der Waals surface area (Å²) in [5.74, 6) is 1.47. The number of imidazole rings is 2. The number of carboxylic acid groups (broad SMARTS) is 1. The Morgan fingerprint density at radius 2 is 1.50 bits per heavy atom. The molecule has 0 spiro atoms. The molecule has 44 heavy (non-hydrogen) atoms. The number of carbonyl (C=O) groups excluding carboxylic acids is 1. The molecule has 2 atom stereocenters. The molecule has 10 heteroatoms. The summed E-state index contributed by atoms with van der Waals surface area (Å²) in [7, 11) is 0. The Hall–Kier alpha value is -4.86. The van der Waals surface area contributed by atoms with Crippen LogP contribution in [0.4, 0.5) is 9.59 Å². The van der Waals surface area contributed by atoms with Gasteiger partial charge < -0.3 is 19.8 Å². The molecular formula is C34H36N6O4. The van der Waals surface area contributed by atoms with Crippen molar-refractivity contribution >= 4 is 34.0 Å². The minimum Gasteiger partial charge on any atom is -0.465 e. The van der Waals surface area contributed by atoms with Gasteiger partial charge in [-0.1, -0.05) is 30.3 Å². The zero-order valence-electron chi connectivity index (χ0n) is 25.1. The first-order chi connectivity index (χ1) is 21.1. The van der Waals surface area contributed by atoms with Crippen LogP contribution in [-0.2, 0) is 4.74 Å². The first-order valence-electron chi connectivity index (χ1n) is 15.2. The summed E-state index contributed by atoms with van der Waals surface area (Å²) in [4.78, 5) is 44.0. The van der Waals surface area contributed by atoms with E-state index in [0.717, 1.165) is 75.7 Å². The third kappa shape index (κ3) is 5.25. The Balaban J connectivity index is 1.15. The molecule has 3 N–H and O–H groups in total. The molecule has 7 rings (SSSR count). The van der Waals surface area contributed by atoms with Crippen LogP contribution in [0.2, 0.25) is 0 Å². The van der Waals surface area contributed by atoms with Gasteiger partial charge in [0.1, 0.15) is 17.2 Å². The topological polar surface area (TPSA) is 127 Å². The number of H-pyrrole nitrogens is 2. The first kappa shape index (κ1) is 27.9. The number of ether oxygens (including phenoxy) is 1. The molecule has 226 valence electrons. The second-order valence-electron chi connectivity index (χ2n) is 12.8. The number of fused-ring (bicyclic) bond motifs is 2. The lowest BCUT2D eigenvalue weighted by Crippen LogP contribution is -2.36. The molecule has 0 saturated carbocycles. The molecule has 4 heterocycles. The average Bonchev–Trinajstić information content (AvgIpc) is 3.80. The van der Waals surface area contributed by atoms with E-state index in [2.05, 4.69) is 63.5 Å². The van der Waals surface area contributed by atoms with Crippen LogP contribution in [0.5, 0.6) is 0 Å². The van der Waals surface area contributed by atoms with E-state index in [-0.39, 0.29) is 18.2 Å². The Bertz CT molecular complexity index is 1890. The number of likely N-dealkylation sites (tertiary alicyclic amines) is 2. The van der Waals surface area contributed by atoms with Crippen molar-refractivity contribution in [1.29, 1.82) is 0 Å². The third-order valence-electron chi connectivity index (χ3n) is 8.59. The van der Waals surface area contributed by atoms with Crippen molar-refractivity contribution in [3.63, 3.8) is 0 Å². The Morgan fingerprint density at radius 1 is 0.841 bits per heavy atom. The highest BCUT2D eigenvalue weighted by Gasteiger charge is 2.35. The van der Waals surface area contributed by atoms with Gasteiger partial charge in [0.2, 0.25) is 0 Å². The lowest BCUT2D eigenvalue weighted by atomic mass is 9.99. The highest BCUT2D eigenvalue weighted by atomic mass is 16.6. The Kier molecular flexibility index (Phi) is 6.79. The molecule has 5 aromatic rings. The van der Waals surface area contributed by atoms with Crippen LogP contribution < -0.4 is 0 Å². The molecule has 2 saturated heterocycles. The SMILES string of the molecule is CC(C)(C)OC(=O)N1CCC[C@H]1c1nc2ccc(-c3ccc4ccc(-c5cnc(C6CCCN6C(=O)O)[nH]5)cc4c3)cc2[nH]1. The Morgan fingerprint density at radius 3 is 2.25 bits per heavy atom. The number of hydrogen-bond acceptors (Lipinski definition) is 5. The predicted octanol–water partition coefficient (Wildman–Crippen LogP) is 7.66. The summed E-state index contributed by atoms with van der Waals surface area (Å²) in [6.07, 6.45) is 3.94. The van der Waals surface area contributed by atoms with Gasteiger partial charge in [-0.2, -0.15) is 0 Å². The molecule has 0 aliphatic carbocycles. The molecule has 1 unspecified atom stereocenters. The maximum absolute atomic E-state index is 12.9. The van der Waals surface area contributed by atoms with Gasteiger partial charge in [-0.05, 0) is 92.6 Å². The zero-order valence-corrected chi connectivity index (χ0v) is 25.1. The number of nitrogens with one attached hydrogen (secondary N) is 2. The summed E-state index contributed by atoms with van der Waals surface area (Å²) < 4.78 is 5.65. The molecule has 3 aromatic carbocycles. The zero-order chi connectivity index (χ0) is 30.6. The smallest absolute Gasteiger partial charge is 0.410 e. The molecule has 0 bridgehead atoms. The number of nitrogens with zero attached hydrogens (tertiary/aromatic N) is 4. The van der Waals surface area contributed by atoms with E-state index in [0.29, 0.717) is 18.9 Å². The number of benzene rings is 3. The van der Waals surface area contributed by atoms with Gasteiger partial charge in [0, 0.05) is 18.7 Å². The molecule has 10 nitrogen and oxygen atoms in total. The standard InChI is InChI=1S/C34H36N6O4/c1-34(2,3)44-33(43)40-15-5-7-29(40)31-36-25-13-12-22(18-26(25)37-31)21-10-8-20-9-11-23(17-24(20)16-21)27-19-35-30(38-27)28-6-4-14-39(28)32(41)42/h8-13,16-19,28-29H,4-7,14-15H2,1-3H3,(H,35,38)(H,36,37)(H,41,42)/t28?,29-/m0/s1. The molecule has 2 aromatic heterocycles. The highest BCUT2D eigenvalue weighted by molar-refractivity contribution is 5.92. The van der Waals surface area contributed by atoms with E-state index < -0.39 is 11.7 Å². The molecule has 2 aliphatic rings.